The molecule has 0 amide bonds. The van der Waals surface area contributed by atoms with E-state index >= 15 is 0 Å². The maximum atomic E-state index is 12.1. The molecule has 2 rings (SSSR count). The summed E-state index contributed by atoms with van der Waals surface area (Å²) in [5.74, 6) is -2.45. The standard InChI is InChI=1S/C14H20B2O11/c1-4-21-12(18)9-8(7-17)24-15(25-9)16-26-10(13(19)22-5-2)11(27-16)14(20)23-6-3/h7-11H,4-6H2,1-3H3. The second-order valence-electron chi connectivity index (χ2n) is 5.40. The van der Waals surface area contributed by atoms with Crippen LogP contribution in [-0.4, -0.2) is 82.4 Å². The third kappa shape index (κ3) is 4.86. The van der Waals surface area contributed by atoms with E-state index in [9.17, 15) is 19.2 Å². The molecule has 148 valence electrons. The van der Waals surface area contributed by atoms with Crippen LogP contribution in [0.3, 0.4) is 0 Å². The van der Waals surface area contributed by atoms with Crippen molar-refractivity contribution in [3.05, 3.63) is 0 Å². The molecule has 4 unspecified atom stereocenters. The highest BCUT2D eigenvalue weighted by atomic mass is 16.7. The Morgan fingerprint density at radius 1 is 0.741 bits per heavy atom. The molecule has 2 fully saturated rings. The lowest BCUT2D eigenvalue weighted by Crippen LogP contribution is -2.41. The molecule has 13 heteroatoms. The smallest absolute Gasteiger partial charge is 0.464 e. The van der Waals surface area contributed by atoms with Crippen LogP contribution in [0.1, 0.15) is 20.8 Å². The van der Waals surface area contributed by atoms with Gasteiger partial charge in [0.25, 0.3) is 0 Å². The largest absolute Gasteiger partial charge is 0.489 e. The summed E-state index contributed by atoms with van der Waals surface area (Å²) in [6.45, 7) is 4.99. The Bertz CT molecular complexity index is 545. The van der Waals surface area contributed by atoms with Crippen molar-refractivity contribution in [1.29, 1.82) is 0 Å². The number of esters is 3. The molecule has 0 aromatic heterocycles. The predicted octanol–water partition coefficient (Wildman–Crippen LogP) is -1.50. The van der Waals surface area contributed by atoms with Gasteiger partial charge in [0.15, 0.2) is 18.3 Å². The van der Waals surface area contributed by atoms with Gasteiger partial charge < -0.3 is 37.6 Å². The molecular weight excluding hydrogens is 366 g/mol. The van der Waals surface area contributed by atoms with E-state index in [4.69, 9.17) is 32.8 Å². The fourth-order valence-electron chi connectivity index (χ4n) is 2.53. The molecule has 0 N–H and O–H groups in total. The van der Waals surface area contributed by atoms with E-state index in [0.29, 0.717) is 6.29 Å². The maximum Gasteiger partial charge on any atom is 0.489 e. The maximum absolute atomic E-state index is 12.1. The van der Waals surface area contributed by atoms with Crippen molar-refractivity contribution in [1.82, 2.24) is 0 Å². The topological polar surface area (TPSA) is 133 Å². The average molecular weight is 386 g/mol. The number of ether oxygens (including phenoxy) is 3. The van der Waals surface area contributed by atoms with Gasteiger partial charge in [-0.3, -0.25) is 0 Å². The summed E-state index contributed by atoms with van der Waals surface area (Å²) in [4.78, 5) is 47.1. The van der Waals surface area contributed by atoms with Crippen LogP contribution >= 0.6 is 0 Å². The Balaban J connectivity index is 2.11. The highest BCUT2D eigenvalue weighted by Crippen LogP contribution is 2.26. The molecule has 0 spiro atoms. The van der Waals surface area contributed by atoms with Gasteiger partial charge in [-0.25, -0.2) is 14.4 Å². The molecule has 0 bridgehead atoms. The molecule has 2 saturated heterocycles. The Morgan fingerprint density at radius 3 is 1.52 bits per heavy atom. The number of carbonyl (C=O) groups is 4. The average Bonchev–Trinajstić information content (AvgIpc) is 3.26. The zero-order valence-electron chi connectivity index (χ0n) is 15.2. The molecule has 4 atom stereocenters. The van der Waals surface area contributed by atoms with E-state index in [2.05, 4.69) is 0 Å². The summed E-state index contributed by atoms with van der Waals surface area (Å²) in [5, 5.41) is 0. The van der Waals surface area contributed by atoms with Crippen LogP contribution in [0.5, 0.6) is 0 Å². The molecular formula is C14H20B2O11. The van der Waals surface area contributed by atoms with Crippen LogP contribution in [0.15, 0.2) is 0 Å². The van der Waals surface area contributed by atoms with Crippen LogP contribution in [0, 0.1) is 0 Å². The van der Waals surface area contributed by atoms with Crippen molar-refractivity contribution < 1.29 is 52.0 Å². The number of rotatable bonds is 8. The molecule has 11 nitrogen and oxygen atoms in total. The molecule has 2 aliphatic rings. The van der Waals surface area contributed by atoms with Gasteiger partial charge in [0.2, 0.25) is 0 Å². The number of hydrogen-bond acceptors (Lipinski definition) is 11. The summed E-state index contributed by atoms with van der Waals surface area (Å²) < 4.78 is 36.0. The Kier molecular flexibility index (Phi) is 7.77. The van der Waals surface area contributed by atoms with Crippen molar-refractivity contribution >= 4 is 38.2 Å². The molecule has 27 heavy (non-hydrogen) atoms. The second kappa shape index (κ2) is 9.83. The molecule has 2 heterocycles. The number of carbonyl (C=O) groups excluding carboxylic acids is 4. The third-order valence-corrected chi connectivity index (χ3v) is 3.62. The molecule has 0 saturated carbocycles. The summed E-state index contributed by atoms with van der Waals surface area (Å²) in [6.07, 6.45) is -5.00. The molecule has 2 aliphatic heterocycles. The number of hydrogen-bond donors (Lipinski definition) is 0. The van der Waals surface area contributed by atoms with E-state index in [1.54, 1.807) is 20.8 Å². The van der Waals surface area contributed by atoms with E-state index < -0.39 is 56.3 Å². The van der Waals surface area contributed by atoms with Gasteiger partial charge in [0, 0.05) is 0 Å². The number of aldehydes is 1. The van der Waals surface area contributed by atoms with Gasteiger partial charge in [-0.1, -0.05) is 0 Å². The highest BCUT2D eigenvalue weighted by molar-refractivity contribution is 7.11. The van der Waals surface area contributed by atoms with Crippen molar-refractivity contribution in [3.63, 3.8) is 0 Å². The first kappa shape index (κ1) is 21.4. The van der Waals surface area contributed by atoms with Gasteiger partial charge in [0.05, 0.1) is 19.8 Å². The summed E-state index contributed by atoms with van der Waals surface area (Å²) in [6, 6.07) is 0. The first-order chi connectivity index (χ1) is 13.0. The van der Waals surface area contributed by atoms with Gasteiger partial charge in [0.1, 0.15) is 12.4 Å². The van der Waals surface area contributed by atoms with Crippen LogP contribution in [0.25, 0.3) is 0 Å². The van der Waals surface area contributed by atoms with Crippen LogP contribution in [-0.2, 0) is 52.0 Å². The van der Waals surface area contributed by atoms with Crippen molar-refractivity contribution in [2.45, 2.75) is 45.2 Å². The molecule has 0 aromatic carbocycles. The zero-order chi connectivity index (χ0) is 20.0. The highest BCUT2D eigenvalue weighted by Gasteiger charge is 2.60. The quantitative estimate of drug-likeness (QED) is 0.209. The first-order valence-corrected chi connectivity index (χ1v) is 8.53. The van der Waals surface area contributed by atoms with Crippen molar-refractivity contribution in [2.24, 2.45) is 0 Å². The van der Waals surface area contributed by atoms with Gasteiger partial charge in [-0.15, -0.1) is 0 Å². The minimum atomic E-state index is -1.41. The minimum Gasteiger partial charge on any atom is -0.464 e. The minimum absolute atomic E-state index is 0.0630. The van der Waals surface area contributed by atoms with E-state index in [0.717, 1.165) is 0 Å². The fourth-order valence-corrected chi connectivity index (χ4v) is 2.53. The van der Waals surface area contributed by atoms with E-state index in [-0.39, 0.29) is 19.8 Å². The van der Waals surface area contributed by atoms with Gasteiger partial charge in [-0.05, 0) is 20.8 Å². The first-order valence-electron chi connectivity index (χ1n) is 8.53. The normalized spacial score (nSPS) is 27.4. The van der Waals surface area contributed by atoms with Crippen molar-refractivity contribution in [2.75, 3.05) is 19.8 Å². The van der Waals surface area contributed by atoms with E-state index in [1.807, 2.05) is 0 Å². The summed E-state index contributed by atoms with van der Waals surface area (Å²) in [7, 11) is -2.71. The monoisotopic (exact) mass is 386 g/mol. The lowest BCUT2D eigenvalue weighted by Gasteiger charge is -2.15. The Morgan fingerprint density at radius 2 is 1.11 bits per heavy atom. The Labute approximate surface area is 156 Å². The van der Waals surface area contributed by atoms with Gasteiger partial charge >= 0.3 is 31.9 Å². The van der Waals surface area contributed by atoms with E-state index in [1.165, 1.54) is 0 Å². The predicted molar refractivity (Wildman–Crippen MR) is 87.0 cm³/mol. The lowest BCUT2D eigenvalue weighted by atomic mass is 9.49. The molecule has 0 radical (unpaired) electrons. The third-order valence-electron chi connectivity index (χ3n) is 3.62. The molecule has 0 aliphatic carbocycles. The Hall–Kier alpha value is -1.95. The fraction of sp³-hybridized carbons (Fsp3) is 0.714. The molecule has 0 aromatic rings. The van der Waals surface area contributed by atoms with Crippen LogP contribution in [0.4, 0.5) is 0 Å². The van der Waals surface area contributed by atoms with Crippen LogP contribution in [0.2, 0.25) is 0 Å². The van der Waals surface area contributed by atoms with Gasteiger partial charge in [-0.2, -0.15) is 0 Å². The van der Waals surface area contributed by atoms with Crippen molar-refractivity contribution in [3.8, 4) is 0 Å². The van der Waals surface area contributed by atoms with Crippen LogP contribution < -0.4 is 0 Å². The zero-order valence-corrected chi connectivity index (χ0v) is 15.2. The summed E-state index contributed by atoms with van der Waals surface area (Å²) >= 11 is 0. The summed E-state index contributed by atoms with van der Waals surface area (Å²) in [5.41, 5.74) is 0. The SMILES string of the molecule is CCOC(=O)C1OB(B2OC(C(=O)OCC)C(C(=O)OCC)O2)OC1C=O. The second-order valence-corrected chi connectivity index (χ2v) is 5.40. The lowest BCUT2D eigenvalue weighted by molar-refractivity contribution is -0.163.